The highest BCUT2D eigenvalue weighted by molar-refractivity contribution is 5.68. The zero-order valence-corrected chi connectivity index (χ0v) is 11.7. The molecule has 1 heterocycles. The minimum Gasteiger partial charge on any atom is -0.456 e. The first-order valence-corrected chi connectivity index (χ1v) is 6.07. The molecule has 1 N–H and O–H groups in total. The number of rotatable bonds is 3. The van der Waals surface area contributed by atoms with Gasteiger partial charge in [0.2, 0.25) is 0 Å². The SMILES string of the molecule is CC(=O)OC1[C@@H](OC(C)=O)[C@@H](OC(C)=O)C(C)O[C@@H]1O. The van der Waals surface area contributed by atoms with E-state index in [0.717, 1.165) is 13.8 Å². The average Bonchev–Trinajstić information content (AvgIpc) is 2.27. The van der Waals surface area contributed by atoms with Gasteiger partial charge in [-0.15, -0.1) is 0 Å². The van der Waals surface area contributed by atoms with Crippen LogP contribution in [0.3, 0.4) is 0 Å². The van der Waals surface area contributed by atoms with Crippen molar-refractivity contribution in [2.24, 2.45) is 0 Å². The molecule has 2 unspecified atom stereocenters. The smallest absolute Gasteiger partial charge is 0.303 e. The van der Waals surface area contributed by atoms with Crippen LogP contribution in [0.15, 0.2) is 0 Å². The van der Waals surface area contributed by atoms with Gasteiger partial charge >= 0.3 is 17.9 Å². The van der Waals surface area contributed by atoms with Crippen LogP contribution in [0.4, 0.5) is 0 Å². The third kappa shape index (κ3) is 4.17. The Morgan fingerprint density at radius 1 is 0.850 bits per heavy atom. The lowest BCUT2D eigenvalue weighted by atomic mass is 9.99. The van der Waals surface area contributed by atoms with Gasteiger partial charge in [0.15, 0.2) is 24.6 Å². The highest BCUT2D eigenvalue weighted by atomic mass is 16.7. The lowest BCUT2D eigenvalue weighted by Gasteiger charge is -2.41. The molecule has 1 fully saturated rings. The van der Waals surface area contributed by atoms with Crippen LogP contribution in [0.2, 0.25) is 0 Å². The van der Waals surface area contributed by atoms with E-state index in [-0.39, 0.29) is 0 Å². The summed E-state index contributed by atoms with van der Waals surface area (Å²) >= 11 is 0. The molecule has 0 aromatic heterocycles. The first kappa shape index (κ1) is 16.4. The molecule has 0 aromatic rings. The molecule has 20 heavy (non-hydrogen) atoms. The van der Waals surface area contributed by atoms with E-state index in [4.69, 9.17) is 18.9 Å². The second-order valence-electron chi connectivity index (χ2n) is 4.45. The fraction of sp³-hybridized carbons (Fsp3) is 0.750. The second-order valence-corrected chi connectivity index (χ2v) is 4.45. The van der Waals surface area contributed by atoms with E-state index in [1.807, 2.05) is 0 Å². The first-order chi connectivity index (χ1) is 9.22. The molecule has 1 saturated heterocycles. The van der Waals surface area contributed by atoms with E-state index in [0.29, 0.717) is 0 Å². The monoisotopic (exact) mass is 290 g/mol. The van der Waals surface area contributed by atoms with Crippen molar-refractivity contribution in [3.63, 3.8) is 0 Å². The molecule has 8 heteroatoms. The number of hydrogen-bond acceptors (Lipinski definition) is 8. The van der Waals surface area contributed by atoms with Gasteiger partial charge in [0, 0.05) is 20.8 Å². The number of ether oxygens (including phenoxy) is 4. The maximum atomic E-state index is 11.2. The molecule has 1 aliphatic rings. The second kappa shape index (κ2) is 6.67. The van der Waals surface area contributed by atoms with Gasteiger partial charge in [-0.2, -0.15) is 0 Å². The van der Waals surface area contributed by atoms with Crippen LogP contribution in [0.1, 0.15) is 27.7 Å². The van der Waals surface area contributed by atoms with Crippen LogP contribution in [-0.4, -0.2) is 53.7 Å². The molecule has 0 aromatic carbocycles. The van der Waals surface area contributed by atoms with Gasteiger partial charge in [-0.3, -0.25) is 14.4 Å². The topological polar surface area (TPSA) is 108 Å². The third-order valence-electron chi connectivity index (χ3n) is 2.65. The number of aliphatic hydroxyl groups is 1. The van der Waals surface area contributed by atoms with Gasteiger partial charge in [-0.05, 0) is 6.92 Å². The van der Waals surface area contributed by atoms with Crippen LogP contribution in [0, 0.1) is 0 Å². The molecule has 114 valence electrons. The third-order valence-corrected chi connectivity index (χ3v) is 2.65. The Labute approximate surface area is 115 Å². The zero-order chi connectivity index (χ0) is 15.4. The molecule has 5 atom stereocenters. The van der Waals surface area contributed by atoms with Crippen LogP contribution in [0.25, 0.3) is 0 Å². The molecule has 1 rings (SSSR count). The molecular formula is C12H18O8. The standard InChI is InChI=1S/C12H18O8/c1-5-9(18-6(2)13)10(19-7(3)14)11(12(16)17-5)20-8(4)15/h5,9-12,16H,1-4H3/t5?,9-,10-,11?,12-/m0/s1. The maximum Gasteiger partial charge on any atom is 0.303 e. The van der Waals surface area contributed by atoms with Crippen molar-refractivity contribution in [2.45, 2.75) is 58.4 Å². The summed E-state index contributed by atoms with van der Waals surface area (Å²) in [6.07, 6.45) is -5.60. The summed E-state index contributed by atoms with van der Waals surface area (Å²) in [6.45, 7) is 5.01. The molecule has 1 aliphatic heterocycles. The van der Waals surface area contributed by atoms with Crippen molar-refractivity contribution in [3.8, 4) is 0 Å². The molecule has 0 amide bonds. The van der Waals surface area contributed by atoms with Gasteiger partial charge in [0.05, 0.1) is 6.10 Å². The van der Waals surface area contributed by atoms with Crippen molar-refractivity contribution in [3.05, 3.63) is 0 Å². The number of carbonyl (C=O) groups excluding carboxylic acids is 3. The van der Waals surface area contributed by atoms with Crippen LogP contribution in [0.5, 0.6) is 0 Å². The lowest BCUT2D eigenvalue weighted by molar-refractivity contribution is -0.288. The van der Waals surface area contributed by atoms with Gasteiger partial charge < -0.3 is 24.1 Å². The van der Waals surface area contributed by atoms with Crippen LogP contribution >= 0.6 is 0 Å². The average molecular weight is 290 g/mol. The predicted octanol–water partition coefficient (Wildman–Crippen LogP) is -0.481. The van der Waals surface area contributed by atoms with Gasteiger partial charge in [-0.25, -0.2) is 0 Å². The van der Waals surface area contributed by atoms with Gasteiger partial charge in [0.25, 0.3) is 0 Å². The number of hydrogen-bond donors (Lipinski definition) is 1. The molecule has 0 radical (unpaired) electrons. The quantitative estimate of drug-likeness (QED) is 0.548. The molecule has 8 nitrogen and oxygen atoms in total. The van der Waals surface area contributed by atoms with Gasteiger partial charge in [0.1, 0.15) is 0 Å². The number of aliphatic hydroxyl groups excluding tert-OH is 1. The lowest BCUT2D eigenvalue weighted by Crippen LogP contribution is -2.60. The van der Waals surface area contributed by atoms with E-state index in [9.17, 15) is 19.5 Å². The highest BCUT2D eigenvalue weighted by Crippen LogP contribution is 2.27. The Kier molecular flexibility index (Phi) is 5.46. The Morgan fingerprint density at radius 3 is 1.70 bits per heavy atom. The Morgan fingerprint density at radius 2 is 1.25 bits per heavy atom. The van der Waals surface area contributed by atoms with E-state index < -0.39 is 48.6 Å². The zero-order valence-electron chi connectivity index (χ0n) is 11.7. The first-order valence-electron chi connectivity index (χ1n) is 6.07. The Balaban J connectivity index is 3.01. The van der Waals surface area contributed by atoms with Crippen LogP contribution < -0.4 is 0 Å². The summed E-state index contributed by atoms with van der Waals surface area (Å²) in [6, 6.07) is 0. The summed E-state index contributed by atoms with van der Waals surface area (Å²) in [5, 5.41) is 9.79. The fourth-order valence-electron chi connectivity index (χ4n) is 1.99. The molecule has 0 bridgehead atoms. The van der Waals surface area contributed by atoms with E-state index in [1.54, 1.807) is 0 Å². The summed E-state index contributed by atoms with van der Waals surface area (Å²) in [5.74, 6) is -1.96. The van der Waals surface area contributed by atoms with E-state index in [1.165, 1.54) is 13.8 Å². The normalized spacial score (nSPS) is 33.1. The van der Waals surface area contributed by atoms with Crippen molar-refractivity contribution in [1.29, 1.82) is 0 Å². The summed E-state index contributed by atoms with van der Waals surface area (Å²) in [5.41, 5.74) is 0. The predicted molar refractivity (Wildman–Crippen MR) is 63.2 cm³/mol. The minimum absolute atomic E-state index is 0.611. The highest BCUT2D eigenvalue weighted by Gasteiger charge is 2.49. The molecule has 0 saturated carbocycles. The fourth-order valence-corrected chi connectivity index (χ4v) is 1.99. The molecule has 0 spiro atoms. The number of esters is 3. The van der Waals surface area contributed by atoms with Crippen molar-refractivity contribution < 1.29 is 38.4 Å². The molecule has 0 aliphatic carbocycles. The largest absolute Gasteiger partial charge is 0.456 e. The van der Waals surface area contributed by atoms with Crippen molar-refractivity contribution in [1.82, 2.24) is 0 Å². The van der Waals surface area contributed by atoms with E-state index in [2.05, 4.69) is 0 Å². The van der Waals surface area contributed by atoms with Crippen LogP contribution in [-0.2, 0) is 33.3 Å². The maximum absolute atomic E-state index is 11.2. The summed E-state index contributed by atoms with van der Waals surface area (Å²) in [7, 11) is 0. The number of carbonyl (C=O) groups is 3. The molecular weight excluding hydrogens is 272 g/mol. The van der Waals surface area contributed by atoms with E-state index >= 15 is 0 Å². The minimum atomic E-state index is -1.48. The van der Waals surface area contributed by atoms with Crippen molar-refractivity contribution in [2.75, 3.05) is 0 Å². The Hall–Kier alpha value is -1.67. The van der Waals surface area contributed by atoms with Gasteiger partial charge in [-0.1, -0.05) is 0 Å². The summed E-state index contributed by atoms with van der Waals surface area (Å²) < 4.78 is 20.1. The Bertz CT molecular complexity index is 365. The summed E-state index contributed by atoms with van der Waals surface area (Å²) in [4.78, 5) is 33.3. The van der Waals surface area contributed by atoms with Crippen molar-refractivity contribution >= 4 is 17.9 Å².